The fourth-order valence-corrected chi connectivity index (χ4v) is 3.59. The lowest BCUT2D eigenvalue weighted by Crippen LogP contribution is -1.98. The first-order valence-corrected chi connectivity index (χ1v) is 10.2. The van der Waals surface area contributed by atoms with Crippen molar-refractivity contribution in [2.75, 3.05) is 0 Å². The zero-order valence-corrected chi connectivity index (χ0v) is 17.1. The molecule has 5 heteroatoms. The molecule has 0 spiro atoms. The first-order valence-electron chi connectivity index (χ1n) is 10.2. The van der Waals surface area contributed by atoms with Gasteiger partial charge in [0.2, 0.25) is 0 Å². The molecule has 5 aromatic rings. The van der Waals surface area contributed by atoms with E-state index in [2.05, 4.69) is 9.97 Å². The van der Waals surface area contributed by atoms with E-state index in [1.54, 1.807) is 18.2 Å². The van der Waals surface area contributed by atoms with E-state index in [1.165, 1.54) is 18.3 Å². The number of halogens is 1. The van der Waals surface area contributed by atoms with Crippen molar-refractivity contribution >= 4 is 10.9 Å². The summed E-state index contributed by atoms with van der Waals surface area (Å²) in [6, 6.07) is 27.3. The second-order valence-corrected chi connectivity index (χ2v) is 7.40. The van der Waals surface area contributed by atoms with Gasteiger partial charge in [-0.05, 0) is 60.2 Å². The van der Waals surface area contributed by atoms with Gasteiger partial charge < -0.3 is 9.84 Å². The van der Waals surface area contributed by atoms with E-state index < -0.39 is 0 Å². The Bertz CT molecular complexity index is 1380. The van der Waals surface area contributed by atoms with Crippen molar-refractivity contribution in [2.45, 2.75) is 6.61 Å². The summed E-state index contributed by atoms with van der Waals surface area (Å²) in [5.41, 5.74) is 4.83. The van der Waals surface area contributed by atoms with Crippen LogP contribution in [0.25, 0.3) is 33.3 Å². The van der Waals surface area contributed by atoms with E-state index in [0.29, 0.717) is 18.1 Å². The molecule has 2 aromatic heterocycles. The normalized spacial score (nSPS) is 10.9. The number of benzene rings is 3. The number of ether oxygens (including phenoxy) is 1. The third-order valence-corrected chi connectivity index (χ3v) is 5.20. The first kappa shape index (κ1) is 19.7. The number of fused-ring (bicyclic) bond motifs is 1. The highest BCUT2D eigenvalue weighted by molar-refractivity contribution is 5.81. The van der Waals surface area contributed by atoms with Gasteiger partial charge in [0.1, 0.15) is 23.9 Å². The predicted octanol–water partition coefficient (Wildman–Crippen LogP) is 6.39. The molecule has 156 valence electrons. The molecule has 0 bridgehead atoms. The van der Waals surface area contributed by atoms with Crippen LogP contribution in [0, 0.1) is 5.82 Å². The van der Waals surface area contributed by atoms with Crippen LogP contribution in [-0.4, -0.2) is 15.1 Å². The van der Waals surface area contributed by atoms with E-state index in [0.717, 1.165) is 33.3 Å². The molecule has 0 amide bonds. The van der Waals surface area contributed by atoms with Gasteiger partial charge in [0.05, 0.1) is 23.1 Å². The Balaban J connectivity index is 1.37. The molecule has 3 aromatic carbocycles. The molecule has 0 unspecified atom stereocenters. The van der Waals surface area contributed by atoms with Crippen molar-refractivity contribution in [1.82, 2.24) is 9.97 Å². The summed E-state index contributed by atoms with van der Waals surface area (Å²) in [5.74, 6) is 0.463. The smallest absolute Gasteiger partial charge is 0.134 e. The highest BCUT2D eigenvalue weighted by Crippen LogP contribution is 2.33. The zero-order valence-electron chi connectivity index (χ0n) is 17.1. The van der Waals surface area contributed by atoms with Crippen molar-refractivity contribution in [3.05, 3.63) is 109 Å². The van der Waals surface area contributed by atoms with E-state index in [9.17, 15) is 9.50 Å². The summed E-state index contributed by atoms with van der Waals surface area (Å²) in [7, 11) is 0. The van der Waals surface area contributed by atoms with E-state index in [-0.39, 0.29) is 11.6 Å². The van der Waals surface area contributed by atoms with Gasteiger partial charge in [0.25, 0.3) is 0 Å². The summed E-state index contributed by atoms with van der Waals surface area (Å²) in [5, 5.41) is 11.1. The first-order chi connectivity index (χ1) is 15.7. The number of aromatic hydroxyl groups is 1. The van der Waals surface area contributed by atoms with Gasteiger partial charge in [-0.15, -0.1) is 0 Å². The number of hydrogen-bond donors (Lipinski definition) is 1. The number of aromatic nitrogens is 2. The van der Waals surface area contributed by atoms with Crippen LogP contribution in [0.4, 0.5) is 4.39 Å². The molecule has 2 heterocycles. The Morgan fingerprint density at radius 1 is 0.812 bits per heavy atom. The molecule has 0 saturated carbocycles. The van der Waals surface area contributed by atoms with Crippen LogP contribution in [0.2, 0.25) is 0 Å². The summed E-state index contributed by atoms with van der Waals surface area (Å²) in [6.07, 6.45) is 1.39. The SMILES string of the molecule is Oc1cnc(-c2ccc(F)cc2)c(-c2ccc(OCc3ccc4ccccc4n3)cc2)c1. The molecular formula is C27H19FN2O2. The molecule has 0 radical (unpaired) electrons. The fourth-order valence-electron chi connectivity index (χ4n) is 3.59. The maximum Gasteiger partial charge on any atom is 0.134 e. The van der Waals surface area contributed by atoms with Crippen LogP contribution < -0.4 is 4.74 Å². The van der Waals surface area contributed by atoms with Gasteiger partial charge in [-0.3, -0.25) is 4.98 Å². The third-order valence-electron chi connectivity index (χ3n) is 5.20. The molecule has 0 aliphatic rings. The number of hydrogen-bond acceptors (Lipinski definition) is 4. The average Bonchev–Trinajstić information content (AvgIpc) is 2.83. The highest BCUT2D eigenvalue weighted by atomic mass is 19.1. The van der Waals surface area contributed by atoms with Crippen molar-refractivity contribution in [3.8, 4) is 33.9 Å². The molecule has 5 rings (SSSR count). The number of nitrogens with zero attached hydrogens (tertiary/aromatic N) is 2. The molecule has 0 aliphatic carbocycles. The van der Waals surface area contributed by atoms with Gasteiger partial charge in [-0.2, -0.15) is 0 Å². The van der Waals surface area contributed by atoms with Crippen LogP contribution in [-0.2, 0) is 6.61 Å². The second-order valence-electron chi connectivity index (χ2n) is 7.40. The summed E-state index contributed by atoms with van der Waals surface area (Å²) in [4.78, 5) is 8.99. The lowest BCUT2D eigenvalue weighted by atomic mass is 9.99. The van der Waals surface area contributed by atoms with Crippen molar-refractivity contribution in [2.24, 2.45) is 0 Å². The predicted molar refractivity (Wildman–Crippen MR) is 123 cm³/mol. The fraction of sp³-hybridized carbons (Fsp3) is 0.0370. The van der Waals surface area contributed by atoms with Crippen LogP contribution in [0.15, 0.2) is 97.2 Å². The Hall–Kier alpha value is -4.25. The van der Waals surface area contributed by atoms with Crippen molar-refractivity contribution < 1.29 is 14.2 Å². The van der Waals surface area contributed by atoms with E-state index in [4.69, 9.17) is 4.74 Å². The molecule has 4 nitrogen and oxygen atoms in total. The largest absolute Gasteiger partial charge is 0.506 e. The lowest BCUT2D eigenvalue weighted by Gasteiger charge is -2.11. The summed E-state index contributed by atoms with van der Waals surface area (Å²) >= 11 is 0. The standard InChI is InChI=1S/C27H19FN2O2/c28-21-10-5-20(6-11-21)27-25(15-23(31)16-29-27)18-8-13-24(14-9-18)32-17-22-12-7-19-3-1-2-4-26(19)30-22/h1-16,31H,17H2. The molecule has 0 saturated heterocycles. The van der Waals surface area contributed by atoms with Crippen LogP contribution >= 0.6 is 0 Å². The van der Waals surface area contributed by atoms with Crippen molar-refractivity contribution in [1.29, 1.82) is 0 Å². The molecule has 0 aliphatic heterocycles. The third kappa shape index (κ3) is 4.14. The van der Waals surface area contributed by atoms with Crippen LogP contribution in [0.3, 0.4) is 0 Å². The molecule has 1 N–H and O–H groups in total. The van der Waals surface area contributed by atoms with Crippen LogP contribution in [0.5, 0.6) is 11.5 Å². The minimum Gasteiger partial charge on any atom is -0.506 e. The van der Waals surface area contributed by atoms with Gasteiger partial charge in [0.15, 0.2) is 0 Å². The minimum absolute atomic E-state index is 0.0635. The van der Waals surface area contributed by atoms with Crippen LogP contribution in [0.1, 0.15) is 5.69 Å². The Morgan fingerprint density at radius 3 is 2.38 bits per heavy atom. The molecule has 32 heavy (non-hydrogen) atoms. The van der Waals surface area contributed by atoms with Crippen molar-refractivity contribution in [3.63, 3.8) is 0 Å². The quantitative estimate of drug-likeness (QED) is 0.357. The van der Waals surface area contributed by atoms with E-state index >= 15 is 0 Å². The Labute approximate surface area is 184 Å². The minimum atomic E-state index is -0.309. The highest BCUT2D eigenvalue weighted by Gasteiger charge is 2.11. The maximum absolute atomic E-state index is 13.3. The molecule has 0 atom stereocenters. The maximum atomic E-state index is 13.3. The Kier molecular flexibility index (Phi) is 5.22. The summed E-state index contributed by atoms with van der Waals surface area (Å²) < 4.78 is 19.2. The summed E-state index contributed by atoms with van der Waals surface area (Å²) in [6.45, 7) is 0.360. The molecular weight excluding hydrogens is 403 g/mol. The van der Waals surface area contributed by atoms with Gasteiger partial charge in [-0.1, -0.05) is 36.4 Å². The van der Waals surface area contributed by atoms with Gasteiger partial charge >= 0.3 is 0 Å². The number of pyridine rings is 2. The monoisotopic (exact) mass is 422 g/mol. The average molecular weight is 422 g/mol. The van der Waals surface area contributed by atoms with E-state index in [1.807, 2.05) is 60.7 Å². The van der Waals surface area contributed by atoms with Gasteiger partial charge in [-0.25, -0.2) is 9.37 Å². The topological polar surface area (TPSA) is 55.2 Å². The Morgan fingerprint density at radius 2 is 1.56 bits per heavy atom. The number of para-hydroxylation sites is 1. The molecule has 0 fully saturated rings. The lowest BCUT2D eigenvalue weighted by molar-refractivity contribution is 0.302. The number of rotatable bonds is 5. The second kappa shape index (κ2) is 8.47. The zero-order chi connectivity index (χ0) is 21.9. The van der Waals surface area contributed by atoms with Gasteiger partial charge in [0, 0.05) is 16.5 Å².